The van der Waals surface area contributed by atoms with Crippen molar-refractivity contribution in [3.8, 4) is 0 Å². The lowest BCUT2D eigenvalue weighted by atomic mass is 10.1. The number of nitrogens with one attached hydrogen (secondary N) is 1. The molecule has 0 unspecified atom stereocenters. The van der Waals surface area contributed by atoms with Gasteiger partial charge in [-0.2, -0.15) is 0 Å². The fourth-order valence-electron chi connectivity index (χ4n) is 2.60. The van der Waals surface area contributed by atoms with Crippen LogP contribution in [0.15, 0.2) is 18.5 Å². The number of aromatic amines is 1. The fraction of sp³-hybridized carbons (Fsp3) is 0.429. The van der Waals surface area contributed by atoms with Gasteiger partial charge in [0.2, 0.25) is 0 Å². The monoisotopic (exact) mass is 309 g/mol. The van der Waals surface area contributed by atoms with Gasteiger partial charge in [0.05, 0.1) is 22.2 Å². The Morgan fingerprint density at radius 2 is 2.24 bits per heavy atom. The molecule has 1 fully saturated rings. The van der Waals surface area contributed by atoms with E-state index in [4.69, 9.17) is 0 Å². The van der Waals surface area contributed by atoms with E-state index in [2.05, 4.69) is 9.97 Å². The predicted molar refractivity (Wildman–Crippen MR) is 79.0 cm³/mol. The zero-order valence-electron chi connectivity index (χ0n) is 11.9. The fourth-order valence-corrected chi connectivity index (χ4v) is 3.84. The molecule has 1 aromatic carbocycles. The lowest BCUT2D eigenvalue weighted by molar-refractivity contribution is 0.0747. The van der Waals surface area contributed by atoms with Gasteiger partial charge in [0, 0.05) is 29.6 Å². The summed E-state index contributed by atoms with van der Waals surface area (Å²) in [6.07, 6.45) is 1.44. The van der Waals surface area contributed by atoms with Crippen LogP contribution < -0.4 is 0 Å². The van der Waals surface area contributed by atoms with E-state index in [1.165, 1.54) is 18.5 Å². The molecule has 5 nitrogen and oxygen atoms in total. The zero-order chi connectivity index (χ0) is 15.2. The van der Waals surface area contributed by atoms with Crippen molar-refractivity contribution in [3.05, 3.63) is 29.8 Å². The number of halogens is 1. The maximum Gasteiger partial charge on any atom is 0.256 e. The number of benzene rings is 1. The molecule has 21 heavy (non-hydrogen) atoms. The van der Waals surface area contributed by atoms with Crippen molar-refractivity contribution < 1.29 is 13.4 Å². The van der Waals surface area contributed by atoms with Gasteiger partial charge in [-0.15, -0.1) is 0 Å². The van der Waals surface area contributed by atoms with Gasteiger partial charge in [0.25, 0.3) is 5.91 Å². The Hall–Kier alpha value is -1.76. The van der Waals surface area contributed by atoms with Crippen molar-refractivity contribution in [2.75, 3.05) is 18.8 Å². The summed E-state index contributed by atoms with van der Waals surface area (Å²) in [7, 11) is -0.958. The maximum atomic E-state index is 13.6. The van der Waals surface area contributed by atoms with Gasteiger partial charge < -0.3 is 9.88 Å². The number of aromatic nitrogens is 2. The zero-order valence-corrected chi connectivity index (χ0v) is 12.7. The van der Waals surface area contributed by atoms with Crippen molar-refractivity contribution in [2.24, 2.45) is 0 Å². The van der Waals surface area contributed by atoms with Crippen LogP contribution in [0.4, 0.5) is 4.39 Å². The van der Waals surface area contributed by atoms with Crippen LogP contribution in [-0.2, 0) is 10.8 Å². The van der Waals surface area contributed by atoms with Crippen molar-refractivity contribution in [1.29, 1.82) is 0 Å². The first-order chi connectivity index (χ1) is 9.88. The molecule has 2 aromatic rings. The number of hydrogen-bond donors (Lipinski definition) is 1. The minimum Gasteiger partial charge on any atom is -0.344 e. The van der Waals surface area contributed by atoms with E-state index in [9.17, 15) is 13.4 Å². The largest absolute Gasteiger partial charge is 0.344 e. The third-order valence-electron chi connectivity index (χ3n) is 3.74. The Labute approximate surface area is 124 Å². The van der Waals surface area contributed by atoms with Crippen molar-refractivity contribution in [3.63, 3.8) is 0 Å². The minimum atomic E-state index is -0.958. The number of imidazole rings is 1. The molecule has 7 heteroatoms. The van der Waals surface area contributed by atoms with Crippen LogP contribution in [0.5, 0.6) is 0 Å². The maximum absolute atomic E-state index is 13.6. The van der Waals surface area contributed by atoms with E-state index in [-0.39, 0.29) is 11.5 Å². The molecular weight excluding hydrogens is 293 g/mol. The van der Waals surface area contributed by atoms with Gasteiger partial charge in [-0.1, -0.05) is 0 Å². The molecule has 112 valence electrons. The molecule has 0 saturated carbocycles. The number of fused-ring (bicyclic) bond motifs is 1. The van der Waals surface area contributed by atoms with Gasteiger partial charge in [0.1, 0.15) is 11.3 Å². The summed E-state index contributed by atoms with van der Waals surface area (Å²) in [6.45, 7) is 4.55. The van der Waals surface area contributed by atoms with Crippen molar-refractivity contribution in [2.45, 2.75) is 18.6 Å². The number of H-pyrrole nitrogens is 1. The first kappa shape index (κ1) is 14.2. The van der Waals surface area contributed by atoms with Gasteiger partial charge in [-0.25, -0.2) is 9.37 Å². The third-order valence-corrected chi connectivity index (χ3v) is 5.66. The van der Waals surface area contributed by atoms with E-state index in [1.54, 1.807) is 4.90 Å². The molecule has 1 amide bonds. The summed E-state index contributed by atoms with van der Waals surface area (Å²) in [6, 6.07) is 2.53. The van der Waals surface area contributed by atoms with Crippen LogP contribution in [0, 0.1) is 5.82 Å². The molecule has 1 aliphatic rings. The highest BCUT2D eigenvalue weighted by atomic mass is 32.2. The second-order valence-electron chi connectivity index (χ2n) is 5.79. The summed E-state index contributed by atoms with van der Waals surface area (Å²) >= 11 is 0. The predicted octanol–water partition coefficient (Wildman–Crippen LogP) is 1.69. The molecule has 1 atom stereocenters. The van der Waals surface area contributed by atoms with Gasteiger partial charge in [0.15, 0.2) is 0 Å². The SMILES string of the molecule is CC1(C)CN(C(=O)c2cc(F)cc3[nH]cnc23)CC[S@]1=O. The van der Waals surface area contributed by atoms with Crippen LogP contribution in [0.1, 0.15) is 24.2 Å². The number of nitrogens with zero attached hydrogens (tertiary/aromatic N) is 2. The van der Waals surface area contributed by atoms with E-state index in [0.717, 1.165) is 0 Å². The van der Waals surface area contributed by atoms with E-state index < -0.39 is 21.4 Å². The molecule has 3 rings (SSSR count). The Balaban J connectivity index is 1.98. The Kier molecular flexibility index (Phi) is 3.32. The lowest BCUT2D eigenvalue weighted by Gasteiger charge is -2.37. The Morgan fingerprint density at radius 1 is 1.48 bits per heavy atom. The molecule has 0 spiro atoms. The molecule has 1 N–H and O–H groups in total. The lowest BCUT2D eigenvalue weighted by Crippen LogP contribution is -2.52. The van der Waals surface area contributed by atoms with Crippen molar-refractivity contribution in [1.82, 2.24) is 14.9 Å². The summed E-state index contributed by atoms with van der Waals surface area (Å²) < 4.78 is 25.1. The molecule has 1 saturated heterocycles. The summed E-state index contributed by atoms with van der Waals surface area (Å²) in [4.78, 5) is 21.2. The average Bonchev–Trinajstić information content (AvgIpc) is 2.88. The molecule has 0 aliphatic carbocycles. The molecule has 1 aromatic heterocycles. The third kappa shape index (κ3) is 2.46. The molecular formula is C14H16FN3O2S. The number of carbonyl (C=O) groups is 1. The average molecular weight is 309 g/mol. The van der Waals surface area contributed by atoms with E-state index in [0.29, 0.717) is 29.9 Å². The highest BCUT2D eigenvalue weighted by Crippen LogP contribution is 2.24. The standard InChI is InChI=1S/C14H16FN3O2S/c1-14(2)7-18(3-4-21(14)20)13(19)10-5-9(15)6-11-12(10)17-8-16-11/h5-6,8H,3-4,7H2,1-2H3,(H,16,17)/t21-/m1/s1. The van der Waals surface area contributed by atoms with E-state index >= 15 is 0 Å². The van der Waals surface area contributed by atoms with Crippen LogP contribution in [0.3, 0.4) is 0 Å². The van der Waals surface area contributed by atoms with Gasteiger partial charge in [-0.3, -0.25) is 9.00 Å². The van der Waals surface area contributed by atoms with Gasteiger partial charge in [-0.05, 0) is 26.0 Å². The minimum absolute atomic E-state index is 0.245. The normalized spacial score (nSPS) is 21.7. The topological polar surface area (TPSA) is 66.1 Å². The van der Waals surface area contributed by atoms with E-state index in [1.807, 2.05) is 13.8 Å². The molecule has 0 radical (unpaired) electrons. The van der Waals surface area contributed by atoms with Crippen molar-refractivity contribution >= 4 is 27.7 Å². The Bertz CT molecular complexity index is 741. The number of rotatable bonds is 1. The Morgan fingerprint density at radius 3 is 2.95 bits per heavy atom. The van der Waals surface area contributed by atoms with Crippen LogP contribution in [0.2, 0.25) is 0 Å². The number of hydrogen-bond acceptors (Lipinski definition) is 3. The van der Waals surface area contributed by atoms with Crippen LogP contribution in [-0.4, -0.2) is 48.6 Å². The summed E-state index contributed by atoms with van der Waals surface area (Å²) in [5, 5.41) is 0. The number of carbonyl (C=O) groups excluding carboxylic acids is 1. The smallest absolute Gasteiger partial charge is 0.256 e. The second-order valence-corrected chi connectivity index (χ2v) is 7.99. The highest BCUT2D eigenvalue weighted by Gasteiger charge is 2.36. The highest BCUT2D eigenvalue weighted by molar-refractivity contribution is 7.86. The summed E-state index contributed by atoms with van der Waals surface area (Å²) in [5.41, 5.74) is 1.21. The first-order valence-electron chi connectivity index (χ1n) is 6.69. The molecule has 1 aliphatic heterocycles. The summed E-state index contributed by atoms with van der Waals surface area (Å²) in [5.74, 6) is -0.302. The second kappa shape index (κ2) is 4.91. The number of amides is 1. The van der Waals surface area contributed by atoms with Gasteiger partial charge >= 0.3 is 0 Å². The first-order valence-corrected chi connectivity index (χ1v) is 8.01. The van der Waals surface area contributed by atoms with Crippen LogP contribution >= 0.6 is 0 Å². The molecule has 2 heterocycles. The quantitative estimate of drug-likeness (QED) is 0.871. The molecule has 0 bridgehead atoms. The van der Waals surface area contributed by atoms with Crippen LogP contribution in [0.25, 0.3) is 11.0 Å².